The van der Waals surface area contributed by atoms with E-state index in [1.165, 1.54) is 32.1 Å². The highest BCUT2D eigenvalue weighted by Gasteiger charge is 2.26. The molecule has 0 amide bonds. The molecule has 0 aromatic heterocycles. The van der Waals surface area contributed by atoms with Gasteiger partial charge in [-0.15, -0.1) is 0 Å². The first-order valence-electron chi connectivity index (χ1n) is 5.70. The molecule has 2 heteroatoms. The van der Waals surface area contributed by atoms with Crippen LogP contribution in [0.15, 0.2) is 0 Å². The number of nitrogens with zero attached hydrogens (tertiary/aromatic N) is 1. The molecular formula is C12H22N2. The molecule has 0 aromatic carbocycles. The van der Waals surface area contributed by atoms with Crippen molar-refractivity contribution in [1.82, 2.24) is 5.32 Å². The van der Waals surface area contributed by atoms with Gasteiger partial charge in [0.2, 0.25) is 0 Å². The van der Waals surface area contributed by atoms with Gasteiger partial charge in [-0.3, -0.25) is 5.32 Å². The van der Waals surface area contributed by atoms with Crippen LogP contribution in [0.5, 0.6) is 0 Å². The predicted molar refractivity (Wildman–Crippen MR) is 58.9 cm³/mol. The molecule has 0 aliphatic heterocycles. The lowest BCUT2D eigenvalue weighted by Crippen LogP contribution is -2.47. The Hall–Kier alpha value is -0.550. The van der Waals surface area contributed by atoms with E-state index < -0.39 is 0 Å². The molecule has 1 rings (SSSR count). The zero-order valence-electron chi connectivity index (χ0n) is 9.64. The maximum absolute atomic E-state index is 9.13. The molecule has 1 saturated carbocycles. The maximum atomic E-state index is 9.13. The van der Waals surface area contributed by atoms with E-state index in [9.17, 15) is 0 Å². The fourth-order valence-electron chi connectivity index (χ4n) is 2.19. The molecule has 1 fully saturated rings. The van der Waals surface area contributed by atoms with Gasteiger partial charge in [0, 0.05) is 5.54 Å². The summed E-state index contributed by atoms with van der Waals surface area (Å²) in [5.74, 6) is 0.577. The Morgan fingerprint density at radius 2 is 1.79 bits per heavy atom. The van der Waals surface area contributed by atoms with Crippen LogP contribution in [0.3, 0.4) is 0 Å². The largest absolute Gasteiger partial charge is 0.297 e. The summed E-state index contributed by atoms with van der Waals surface area (Å²) in [6.07, 6.45) is 6.40. The lowest BCUT2D eigenvalue weighted by Gasteiger charge is -2.31. The summed E-state index contributed by atoms with van der Waals surface area (Å²) in [5, 5.41) is 12.5. The molecule has 0 bridgehead atoms. The van der Waals surface area contributed by atoms with Crippen LogP contribution >= 0.6 is 0 Å². The van der Waals surface area contributed by atoms with Crippen LogP contribution in [0, 0.1) is 17.2 Å². The quantitative estimate of drug-likeness (QED) is 0.733. The highest BCUT2D eigenvalue weighted by Crippen LogP contribution is 2.27. The third-order valence-corrected chi connectivity index (χ3v) is 2.85. The third-order valence-electron chi connectivity index (χ3n) is 2.85. The minimum Gasteiger partial charge on any atom is -0.297 e. The molecule has 1 N–H and O–H groups in total. The summed E-state index contributed by atoms with van der Waals surface area (Å²) in [5.41, 5.74) is 0.0534. The average molecular weight is 194 g/mol. The van der Waals surface area contributed by atoms with Gasteiger partial charge >= 0.3 is 0 Å². The van der Waals surface area contributed by atoms with E-state index in [0.29, 0.717) is 5.92 Å². The predicted octanol–water partition coefficient (Wildman–Crippen LogP) is 2.85. The van der Waals surface area contributed by atoms with Crippen LogP contribution in [0.25, 0.3) is 0 Å². The molecule has 14 heavy (non-hydrogen) atoms. The number of rotatable bonds is 2. The van der Waals surface area contributed by atoms with Crippen molar-refractivity contribution in [3.8, 4) is 6.07 Å². The Kier molecular flexibility index (Phi) is 3.95. The normalized spacial score (nSPS) is 21.6. The van der Waals surface area contributed by atoms with Crippen molar-refractivity contribution in [1.29, 1.82) is 5.26 Å². The van der Waals surface area contributed by atoms with E-state index in [2.05, 4.69) is 32.2 Å². The van der Waals surface area contributed by atoms with E-state index in [1.54, 1.807) is 0 Å². The summed E-state index contributed by atoms with van der Waals surface area (Å²) in [6.45, 7) is 6.38. The minimum absolute atomic E-state index is 0.0512. The van der Waals surface area contributed by atoms with Crippen molar-refractivity contribution in [2.75, 3.05) is 0 Å². The molecule has 0 spiro atoms. The zero-order chi connectivity index (χ0) is 10.6. The number of hydrogen-bond donors (Lipinski definition) is 1. The molecule has 1 aliphatic rings. The lowest BCUT2D eigenvalue weighted by molar-refractivity contribution is 0.264. The van der Waals surface area contributed by atoms with Crippen LogP contribution in [0.1, 0.15) is 52.9 Å². The molecule has 0 saturated heterocycles. The molecule has 0 heterocycles. The Labute approximate surface area is 87.7 Å². The van der Waals surface area contributed by atoms with Gasteiger partial charge in [0.1, 0.15) is 0 Å². The van der Waals surface area contributed by atoms with Gasteiger partial charge in [-0.25, -0.2) is 0 Å². The van der Waals surface area contributed by atoms with Crippen molar-refractivity contribution in [2.24, 2.45) is 5.92 Å². The van der Waals surface area contributed by atoms with E-state index in [-0.39, 0.29) is 11.6 Å². The second-order valence-electron chi connectivity index (χ2n) is 5.40. The van der Waals surface area contributed by atoms with Gasteiger partial charge in [0.05, 0.1) is 12.1 Å². The first-order valence-corrected chi connectivity index (χ1v) is 5.70. The minimum atomic E-state index is 0.0512. The van der Waals surface area contributed by atoms with Gasteiger partial charge in [0.15, 0.2) is 0 Å². The van der Waals surface area contributed by atoms with E-state index >= 15 is 0 Å². The Balaban J connectivity index is 2.49. The van der Waals surface area contributed by atoms with Gasteiger partial charge in [0.25, 0.3) is 0 Å². The number of nitrogens with one attached hydrogen (secondary N) is 1. The average Bonchev–Trinajstić information content (AvgIpc) is 2.14. The third kappa shape index (κ3) is 3.67. The molecular weight excluding hydrogens is 172 g/mol. The van der Waals surface area contributed by atoms with E-state index in [0.717, 1.165) is 0 Å². The van der Waals surface area contributed by atoms with Gasteiger partial charge in [-0.2, -0.15) is 5.26 Å². The monoisotopic (exact) mass is 194 g/mol. The molecule has 1 unspecified atom stereocenters. The zero-order valence-corrected chi connectivity index (χ0v) is 9.64. The van der Waals surface area contributed by atoms with Gasteiger partial charge in [-0.05, 0) is 39.5 Å². The maximum Gasteiger partial charge on any atom is 0.0985 e. The second-order valence-corrected chi connectivity index (χ2v) is 5.40. The molecule has 2 nitrogen and oxygen atoms in total. The fourth-order valence-corrected chi connectivity index (χ4v) is 2.19. The molecule has 1 aliphatic carbocycles. The summed E-state index contributed by atoms with van der Waals surface area (Å²) < 4.78 is 0. The summed E-state index contributed by atoms with van der Waals surface area (Å²) in [6, 6.07) is 2.47. The van der Waals surface area contributed by atoms with E-state index in [4.69, 9.17) is 5.26 Å². The smallest absolute Gasteiger partial charge is 0.0985 e. The topological polar surface area (TPSA) is 35.8 Å². The first kappa shape index (κ1) is 11.5. The van der Waals surface area contributed by atoms with Crippen molar-refractivity contribution in [3.05, 3.63) is 0 Å². The van der Waals surface area contributed by atoms with Crippen LogP contribution in [0.4, 0.5) is 0 Å². The van der Waals surface area contributed by atoms with Crippen molar-refractivity contribution >= 4 is 0 Å². The number of nitriles is 1. The SMILES string of the molecule is CC(C)(C)NC(C#N)C1CCCCC1. The summed E-state index contributed by atoms with van der Waals surface area (Å²) in [7, 11) is 0. The standard InChI is InChI=1S/C12H22N2/c1-12(2,3)14-11(9-13)10-7-5-4-6-8-10/h10-11,14H,4-8H2,1-3H3. The van der Waals surface area contributed by atoms with Crippen LogP contribution < -0.4 is 5.32 Å². The highest BCUT2D eigenvalue weighted by atomic mass is 15.0. The fraction of sp³-hybridized carbons (Fsp3) is 0.917. The van der Waals surface area contributed by atoms with Crippen LogP contribution in [0.2, 0.25) is 0 Å². The van der Waals surface area contributed by atoms with Crippen molar-refractivity contribution < 1.29 is 0 Å². The first-order chi connectivity index (χ1) is 6.53. The number of hydrogen-bond acceptors (Lipinski definition) is 2. The van der Waals surface area contributed by atoms with Crippen LogP contribution in [-0.4, -0.2) is 11.6 Å². The molecule has 1 atom stereocenters. The Bertz CT molecular complexity index is 203. The van der Waals surface area contributed by atoms with Crippen molar-refractivity contribution in [3.63, 3.8) is 0 Å². The van der Waals surface area contributed by atoms with E-state index in [1.807, 2.05) is 0 Å². The van der Waals surface area contributed by atoms with Crippen LogP contribution in [-0.2, 0) is 0 Å². The van der Waals surface area contributed by atoms with Gasteiger partial charge in [-0.1, -0.05) is 19.3 Å². The van der Waals surface area contributed by atoms with Gasteiger partial charge < -0.3 is 0 Å². The molecule has 0 radical (unpaired) electrons. The Morgan fingerprint density at radius 3 is 2.21 bits per heavy atom. The summed E-state index contributed by atoms with van der Waals surface area (Å²) in [4.78, 5) is 0. The second kappa shape index (κ2) is 4.79. The van der Waals surface area contributed by atoms with Crippen molar-refractivity contribution in [2.45, 2.75) is 64.5 Å². The lowest BCUT2D eigenvalue weighted by atomic mass is 9.83. The molecule has 0 aromatic rings. The summed E-state index contributed by atoms with van der Waals surface area (Å²) >= 11 is 0. The molecule has 80 valence electrons. The Morgan fingerprint density at radius 1 is 1.21 bits per heavy atom. The highest BCUT2D eigenvalue weighted by molar-refractivity contribution is 4.98.